The van der Waals surface area contributed by atoms with Gasteiger partial charge in [-0.1, -0.05) is 36.4 Å². The molecular weight excluding hydrogens is 292 g/mol. The van der Waals surface area contributed by atoms with Crippen molar-refractivity contribution >= 4 is 23.7 Å². The molecule has 1 aliphatic heterocycles. The lowest BCUT2D eigenvalue weighted by Gasteiger charge is -2.30. The molecule has 0 bridgehead atoms. The molecule has 5 nitrogen and oxygen atoms in total. The summed E-state index contributed by atoms with van der Waals surface area (Å²) in [6.45, 7) is 0.144. The second-order valence-electron chi connectivity index (χ2n) is 5.16. The third kappa shape index (κ3) is 2.78. The maximum atomic E-state index is 12.8. The van der Waals surface area contributed by atoms with Gasteiger partial charge in [0.2, 0.25) is 5.91 Å². The van der Waals surface area contributed by atoms with E-state index >= 15 is 0 Å². The van der Waals surface area contributed by atoms with Gasteiger partial charge in [-0.2, -0.15) is 0 Å². The van der Waals surface area contributed by atoms with Crippen molar-refractivity contribution in [2.24, 2.45) is 4.99 Å². The van der Waals surface area contributed by atoms with Gasteiger partial charge in [0, 0.05) is 11.8 Å². The van der Waals surface area contributed by atoms with Crippen LogP contribution in [0.4, 0.5) is 5.69 Å². The first kappa shape index (κ1) is 15.1. The molecule has 3 rings (SSSR count). The summed E-state index contributed by atoms with van der Waals surface area (Å²) in [5.41, 5.74) is 1.69. The number of para-hydroxylation sites is 1. The van der Waals surface area contributed by atoms with Crippen LogP contribution in [0.15, 0.2) is 59.6 Å². The van der Waals surface area contributed by atoms with Crippen LogP contribution in [0.1, 0.15) is 21.8 Å². The first-order valence-corrected chi connectivity index (χ1v) is 7.37. The van der Waals surface area contributed by atoms with Gasteiger partial charge in [0.05, 0.1) is 24.8 Å². The summed E-state index contributed by atoms with van der Waals surface area (Å²) in [7, 11) is 0. The molecule has 2 amide bonds. The monoisotopic (exact) mass is 308 g/mol. The van der Waals surface area contributed by atoms with Crippen LogP contribution in [0.3, 0.4) is 0 Å². The zero-order chi connectivity index (χ0) is 16.2. The van der Waals surface area contributed by atoms with E-state index in [-0.39, 0.29) is 25.0 Å². The zero-order valence-corrected chi connectivity index (χ0v) is 12.4. The lowest BCUT2D eigenvalue weighted by Crippen LogP contribution is -2.45. The standard InChI is InChI=1S/C18H16N2O3/c21-11-10-19-12-16-14-8-4-5-9-15(14)17(22)20(18(16)23)13-6-2-1-3-7-13/h1-9,12,16,21H,10-11H2/t16-/m0/s1. The predicted octanol–water partition coefficient (Wildman–Crippen LogP) is 2.02. The molecule has 0 radical (unpaired) electrons. The smallest absolute Gasteiger partial charge is 0.265 e. The number of nitrogens with zero attached hydrogens (tertiary/aromatic N) is 2. The fraction of sp³-hybridized carbons (Fsp3) is 0.167. The largest absolute Gasteiger partial charge is 0.394 e. The highest BCUT2D eigenvalue weighted by Crippen LogP contribution is 2.31. The molecule has 0 saturated heterocycles. The lowest BCUT2D eigenvalue weighted by molar-refractivity contribution is -0.118. The first-order chi connectivity index (χ1) is 11.2. The lowest BCUT2D eigenvalue weighted by atomic mass is 9.89. The Labute approximate surface area is 133 Å². The highest BCUT2D eigenvalue weighted by molar-refractivity contribution is 6.29. The van der Waals surface area contributed by atoms with Crippen molar-refractivity contribution in [2.75, 3.05) is 18.1 Å². The van der Waals surface area contributed by atoms with Crippen LogP contribution < -0.4 is 4.90 Å². The van der Waals surface area contributed by atoms with Crippen LogP contribution in [0, 0.1) is 0 Å². The van der Waals surface area contributed by atoms with Gasteiger partial charge in [-0.25, -0.2) is 4.90 Å². The number of aliphatic hydroxyl groups excluding tert-OH is 1. The summed E-state index contributed by atoms with van der Waals surface area (Å²) >= 11 is 0. The number of aliphatic imine (C=N–C) groups is 1. The van der Waals surface area contributed by atoms with Gasteiger partial charge in [-0.15, -0.1) is 0 Å². The number of aliphatic hydroxyl groups is 1. The summed E-state index contributed by atoms with van der Waals surface area (Å²) in [4.78, 5) is 30.8. The summed E-state index contributed by atoms with van der Waals surface area (Å²) in [6, 6.07) is 15.9. The number of hydrogen-bond acceptors (Lipinski definition) is 4. The molecule has 5 heteroatoms. The SMILES string of the molecule is O=C1c2ccccc2[C@H](C=NCCO)C(=O)N1c1ccccc1. The van der Waals surface area contributed by atoms with Gasteiger partial charge in [0.15, 0.2) is 0 Å². The van der Waals surface area contributed by atoms with E-state index in [4.69, 9.17) is 5.11 Å². The Morgan fingerprint density at radius 2 is 1.74 bits per heavy atom. The topological polar surface area (TPSA) is 70.0 Å². The third-order valence-corrected chi connectivity index (χ3v) is 3.71. The quantitative estimate of drug-likeness (QED) is 0.694. The molecule has 1 N–H and O–H groups in total. The molecule has 0 aromatic heterocycles. The third-order valence-electron chi connectivity index (χ3n) is 3.71. The summed E-state index contributed by atoms with van der Waals surface area (Å²) < 4.78 is 0. The van der Waals surface area contributed by atoms with Crippen LogP contribution in [0.25, 0.3) is 0 Å². The minimum Gasteiger partial charge on any atom is -0.394 e. The van der Waals surface area contributed by atoms with Crippen molar-refractivity contribution in [3.8, 4) is 0 Å². The molecule has 116 valence electrons. The molecule has 1 aliphatic rings. The number of carbonyl (C=O) groups is 2. The molecule has 1 atom stereocenters. The number of amides is 2. The summed E-state index contributed by atoms with van der Waals surface area (Å²) in [6.07, 6.45) is 1.51. The van der Waals surface area contributed by atoms with E-state index in [9.17, 15) is 9.59 Å². The van der Waals surface area contributed by atoms with E-state index < -0.39 is 5.92 Å². The number of fused-ring (bicyclic) bond motifs is 1. The van der Waals surface area contributed by atoms with Crippen molar-refractivity contribution in [1.82, 2.24) is 0 Å². The zero-order valence-electron chi connectivity index (χ0n) is 12.4. The molecule has 0 spiro atoms. The molecule has 0 aliphatic carbocycles. The average molecular weight is 308 g/mol. The Morgan fingerprint density at radius 3 is 2.48 bits per heavy atom. The van der Waals surface area contributed by atoms with Crippen LogP contribution in [-0.2, 0) is 4.79 Å². The van der Waals surface area contributed by atoms with E-state index in [1.54, 1.807) is 48.5 Å². The van der Waals surface area contributed by atoms with E-state index in [1.807, 2.05) is 6.07 Å². The molecule has 0 unspecified atom stereocenters. The summed E-state index contributed by atoms with van der Waals surface area (Å²) in [5.74, 6) is -1.29. The molecule has 2 aromatic rings. The molecule has 0 saturated carbocycles. The van der Waals surface area contributed by atoms with Crippen molar-refractivity contribution in [2.45, 2.75) is 5.92 Å². The van der Waals surface area contributed by atoms with Crippen LogP contribution in [0.2, 0.25) is 0 Å². The van der Waals surface area contributed by atoms with Gasteiger partial charge in [-0.3, -0.25) is 14.6 Å². The molecular formula is C18H16N2O3. The highest BCUT2D eigenvalue weighted by Gasteiger charge is 2.38. The first-order valence-electron chi connectivity index (χ1n) is 7.37. The Hall–Kier alpha value is -2.79. The average Bonchev–Trinajstić information content (AvgIpc) is 2.59. The van der Waals surface area contributed by atoms with Gasteiger partial charge < -0.3 is 5.11 Å². The number of hydrogen-bond donors (Lipinski definition) is 1. The molecule has 2 aromatic carbocycles. The molecule has 23 heavy (non-hydrogen) atoms. The Morgan fingerprint density at radius 1 is 1.04 bits per heavy atom. The maximum absolute atomic E-state index is 12.8. The van der Waals surface area contributed by atoms with E-state index in [0.29, 0.717) is 16.8 Å². The van der Waals surface area contributed by atoms with Gasteiger partial charge in [0.25, 0.3) is 5.91 Å². The van der Waals surface area contributed by atoms with Gasteiger partial charge in [-0.05, 0) is 23.8 Å². The number of imide groups is 1. The van der Waals surface area contributed by atoms with Crippen molar-refractivity contribution in [1.29, 1.82) is 0 Å². The van der Waals surface area contributed by atoms with Crippen LogP contribution in [0.5, 0.6) is 0 Å². The number of benzene rings is 2. The minimum atomic E-state index is -0.629. The van der Waals surface area contributed by atoms with Gasteiger partial charge in [0.1, 0.15) is 0 Å². The fourth-order valence-electron chi connectivity index (χ4n) is 2.66. The van der Waals surface area contributed by atoms with Crippen molar-refractivity contribution < 1.29 is 14.7 Å². The molecule has 0 fully saturated rings. The second kappa shape index (κ2) is 6.54. The second-order valence-corrected chi connectivity index (χ2v) is 5.16. The van der Waals surface area contributed by atoms with Crippen LogP contribution >= 0.6 is 0 Å². The Bertz CT molecular complexity index is 756. The normalized spacial score (nSPS) is 17.6. The van der Waals surface area contributed by atoms with E-state index in [2.05, 4.69) is 4.99 Å². The van der Waals surface area contributed by atoms with Gasteiger partial charge >= 0.3 is 0 Å². The summed E-state index contributed by atoms with van der Waals surface area (Å²) in [5, 5.41) is 8.87. The highest BCUT2D eigenvalue weighted by atomic mass is 16.3. The Kier molecular flexibility index (Phi) is 4.30. The molecule has 1 heterocycles. The predicted molar refractivity (Wildman–Crippen MR) is 87.9 cm³/mol. The van der Waals surface area contributed by atoms with Crippen LogP contribution in [-0.4, -0.2) is 36.3 Å². The number of carbonyl (C=O) groups excluding carboxylic acids is 2. The maximum Gasteiger partial charge on any atom is 0.265 e. The number of anilines is 1. The van der Waals surface area contributed by atoms with Crippen molar-refractivity contribution in [3.05, 3.63) is 65.7 Å². The fourth-order valence-corrected chi connectivity index (χ4v) is 2.66. The van der Waals surface area contributed by atoms with E-state index in [1.165, 1.54) is 11.1 Å². The Balaban J connectivity index is 2.08. The number of rotatable bonds is 4. The minimum absolute atomic E-state index is 0.0829. The van der Waals surface area contributed by atoms with E-state index in [0.717, 1.165) is 0 Å². The van der Waals surface area contributed by atoms with Crippen molar-refractivity contribution in [3.63, 3.8) is 0 Å².